The first-order valence-corrected chi connectivity index (χ1v) is 12.8. The van der Waals surface area contributed by atoms with Gasteiger partial charge in [-0.25, -0.2) is 13.2 Å². The Labute approximate surface area is 178 Å². The number of hydrogen-bond donors (Lipinski definition) is 1. The molecule has 0 aromatic heterocycles. The third kappa shape index (κ3) is 6.28. The minimum atomic E-state index is -5.56. The summed E-state index contributed by atoms with van der Waals surface area (Å²) < 4.78 is 62.6. The highest BCUT2D eigenvalue weighted by molar-refractivity contribution is 7.86. The van der Waals surface area contributed by atoms with E-state index in [2.05, 4.69) is 5.32 Å². The fraction of sp³-hybridized carbons (Fsp3) is 0.952. The van der Waals surface area contributed by atoms with Gasteiger partial charge in [0.25, 0.3) is 0 Å². The van der Waals surface area contributed by atoms with Crippen molar-refractivity contribution in [2.24, 2.45) is 17.8 Å². The number of hydrogen-bond acceptors (Lipinski definition) is 5. The SMILES string of the molecule is O=C(NC12CC3CC(CC(C3)C1)C2)OCCCCCCCCCC(F)(F)S(=O)(=O)[O-]. The number of unbranched alkanes of at least 4 members (excludes halogenated alkanes) is 6. The molecule has 9 heteroatoms. The molecular formula is C21H34F2NO5S-. The van der Waals surface area contributed by atoms with Crippen LogP contribution in [0.1, 0.15) is 89.9 Å². The number of rotatable bonds is 12. The molecule has 4 fully saturated rings. The van der Waals surface area contributed by atoms with Crippen LogP contribution in [-0.4, -0.2) is 36.5 Å². The molecule has 1 N–H and O–H groups in total. The van der Waals surface area contributed by atoms with Gasteiger partial charge in [-0.3, -0.25) is 0 Å². The van der Waals surface area contributed by atoms with Crippen molar-refractivity contribution in [3.63, 3.8) is 0 Å². The van der Waals surface area contributed by atoms with E-state index in [-0.39, 0.29) is 18.1 Å². The Morgan fingerprint density at radius 2 is 1.40 bits per heavy atom. The van der Waals surface area contributed by atoms with Gasteiger partial charge >= 0.3 is 11.3 Å². The van der Waals surface area contributed by atoms with E-state index in [1.165, 1.54) is 19.3 Å². The fourth-order valence-electron chi connectivity index (χ4n) is 6.12. The smallest absolute Gasteiger partial charge is 0.407 e. The van der Waals surface area contributed by atoms with E-state index in [4.69, 9.17) is 4.74 Å². The average Bonchev–Trinajstić information content (AvgIpc) is 2.60. The van der Waals surface area contributed by atoms with Gasteiger partial charge in [-0.2, -0.15) is 8.78 Å². The van der Waals surface area contributed by atoms with Gasteiger partial charge in [-0.05, 0) is 69.1 Å². The number of halogens is 2. The van der Waals surface area contributed by atoms with Crippen LogP contribution in [0.3, 0.4) is 0 Å². The molecule has 0 aromatic carbocycles. The molecule has 0 radical (unpaired) electrons. The van der Waals surface area contributed by atoms with E-state index in [0.29, 0.717) is 19.4 Å². The van der Waals surface area contributed by atoms with Gasteiger partial charge in [0.2, 0.25) is 0 Å². The summed E-state index contributed by atoms with van der Waals surface area (Å²) in [7, 11) is -5.56. The van der Waals surface area contributed by atoms with Crippen molar-refractivity contribution in [1.29, 1.82) is 0 Å². The Bertz CT molecular complexity index is 662. The summed E-state index contributed by atoms with van der Waals surface area (Å²) in [6.45, 7) is 0.381. The standard InChI is InChI=1S/C21H35F2NO5S/c22-21(23,30(26,27)28)8-6-4-2-1-3-5-7-9-29-19(25)24-20-13-16-10-17(14-20)12-18(11-16)15-20/h16-18H,1-15H2,(H,24,25)(H,26,27,28)/p-1. The normalized spacial score (nSPS) is 30.4. The lowest BCUT2D eigenvalue weighted by Crippen LogP contribution is -2.59. The number of carbonyl (C=O) groups is 1. The van der Waals surface area contributed by atoms with Crippen LogP contribution in [-0.2, 0) is 14.9 Å². The molecular weight excluding hydrogens is 416 g/mol. The van der Waals surface area contributed by atoms with E-state index in [0.717, 1.165) is 62.7 Å². The second-order valence-corrected chi connectivity index (χ2v) is 11.3. The van der Waals surface area contributed by atoms with Gasteiger partial charge in [0.15, 0.2) is 10.1 Å². The Balaban J connectivity index is 1.18. The largest absolute Gasteiger partial charge is 0.743 e. The predicted octanol–water partition coefficient (Wildman–Crippen LogP) is 4.94. The van der Waals surface area contributed by atoms with Crippen LogP contribution in [0, 0.1) is 17.8 Å². The van der Waals surface area contributed by atoms with Gasteiger partial charge in [-0.15, -0.1) is 0 Å². The molecule has 0 atom stereocenters. The van der Waals surface area contributed by atoms with Crippen LogP contribution < -0.4 is 5.32 Å². The number of amides is 1. The maximum absolute atomic E-state index is 13.0. The first-order valence-electron chi connectivity index (χ1n) is 11.4. The van der Waals surface area contributed by atoms with Crippen molar-refractivity contribution < 1.29 is 31.3 Å². The first kappa shape index (κ1) is 23.7. The monoisotopic (exact) mass is 450 g/mol. The summed E-state index contributed by atoms with van der Waals surface area (Å²) in [4.78, 5) is 12.2. The van der Waals surface area contributed by atoms with Crippen LogP contribution in [0.2, 0.25) is 0 Å². The predicted molar refractivity (Wildman–Crippen MR) is 107 cm³/mol. The fourth-order valence-corrected chi connectivity index (χ4v) is 6.52. The first-order chi connectivity index (χ1) is 14.1. The second-order valence-electron chi connectivity index (χ2n) is 9.78. The van der Waals surface area contributed by atoms with E-state index >= 15 is 0 Å². The molecule has 4 rings (SSSR count). The molecule has 0 unspecified atom stereocenters. The van der Waals surface area contributed by atoms with Gasteiger partial charge in [0, 0.05) is 12.0 Å². The van der Waals surface area contributed by atoms with Crippen LogP contribution in [0.5, 0.6) is 0 Å². The van der Waals surface area contributed by atoms with Crippen molar-refractivity contribution in [3.05, 3.63) is 0 Å². The van der Waals surface area contributed by atoms with Crippen LogP contribution >= 0.6 is 0 Å². The summed E-state index contributed by atoms with van der Waals surface area (Å²) in [5.74, 6) is 2.31. The molecule has 4 aliphatic rings. The van der Waals surface area contributed by atoms with Crippen LogP contribution in [0.25, 0.3) is 0 Å². The molecule has 6 nitrogen and oxygen atoms in total. The third-order valence-corrected chi connectivity index (χ3v) is 8.05. The van der Waals surface area contributed by atoms with Crippen LogP contribution in [0.4, 0.5) is 13.6 Å². The Morgan fingerprint density at radius 1 is 0.933 bits per heavy atom. The molecule has 30 heavy (non-hydrogen) atoms. The lowest BCUT2D eigenvalue weighted by atomic mass is 9.53. The van der Waals surface area contributed by atoms with Crippen molar-refractivity contribution in [2.75, 3.05) is 6.61 Å². The van der Waals surface area contributed by atoms with Crippen molar-refractivity contribution in [3.8, 4) is 0 Å². The Morgan fingerprint density at radius 3 is 1.90 bits per heavy atom. The lowest BCUT2D eigenvalue weighted by molar-refractivity contribution is -0.0191. The van der Waals surface area contributed by atoms with Gasteiger partial charge in [0.1, 0.15) is 0 Å². The minimum absolute atomic E-state index is 0.0159. The molecule has 1 amide bonds. The summed E-state index contributed by atoms with van der Waals surface area (Å²) in [5.41, 5.74) is -0.0337. The molecule has 0 saturated heterocycles. The van der Waals surface area contributed by atoms with Gasteiger partial charge < -0.3 is 14.6 Å². The molecule has 4 aliphatic carbocycles. The zero-order valence-corrected chi connectivity index (χ0v) is 18.4. The van der Waals surface area contributed by atoms with Crippen molar-refractivity contribution >= 4 is 16.2 Å². The number of alkyl carbamates (subject to hydrolysis) is 1. The minimum Gasteiger partial charge on any atom is -0.743 e. The lowest BCUT2D eigenvalue weighted by Gasteiger charge is -2.56. The molecule has 174 valence electrons. The Kier molecular flexibility index (Phi) is 7.64. The summed E-state index contributed by atoms with van der Waals surface area (Å²) >= 11 is 0. The van der Waals surface area contributed by atoms with E-state index in [1.54, 1.807) is 0 Å². The van der Waals surface area contributed by atoms with Gasteiger partial charge in [-0.1, -0.05) is 32.1 Å². The molecule has 4 saturated carbocycles. The van der Waals surface area contributed by atoms with Gasteiger partial charge in [0.05, 0.1) is 6.61 Å². The summed E-state index contributed by atoms with van der Waals surface area (Å²) in [6.07, 6.45) is 10.7. The Hall–Kier alpha value is -0.960. The highest BCUT2D eigenvalue weighted by atomic mass is 32.2. The van der Waals surface area contributed by atoms with E-state index in [9.17, 15) is 26.5 Å². The van der Waals surface area contributed by atoms with E-state index < -0.39 is 21.8 Å². The van der Waals surface area contributed by atoms with Crippen molar-refractivity contribution in [2.45, 2.75) is 101 Å². The average molecular weight is 451 g/mol. The quantitative estimate of drug-likeness (QED) is 0.336. The van der Waals surface area contributed by atoms with Crippen LogP contribution in [0.15, 0.2) is 0 Å². The summed E-state index contributed by atoms with van der Waals surface area (Å²) in [6, 6.07) is 0. The topological polar surface area (TPSA) is 95.5 Å². The number of alkyl halides is 2. The zero-order valence-electron chi connectivity index (χ0n) is 17.5. The molecule has 0 heterocycles. The highest BCUT2D eigenvalue weighted by Gasteiger charge is 2.51. The molecule has 0 aliphatic heterocycles. The molecule has 0 aromatic rings. The number of nitrogens with one attached hydrogen (secondary N) is 1. The number of carbonyl (C=O) groups excluding carboxylic acids is 1. The molecule has 0 spiro atoms. The number of ether oxygens (including phenoxy) is 1. The third-order valence-electron chi connectivity index (χ3n) is 7.12. The highest BCUT2D eigenvalue weighted by Crippen LogP contribution is 2.55. The maximum Gasteiger partial charge on any atom is 0.407 e. The van der Waals surface area contributed by atoms with Crippen molar-refractivity contribution in [1.82, 2.24) is 5.32 Å². The molecule has 4 bridgehead atoms. The maximum atomic E-state index is 13.0. The second kappa shape index (κ2) is 9.67. The summed E-state index contributed by atoms with van der Waals surface area (Å²) in [5, 5.41) is -0.981. The zero-order chi connectivity index (χ0) is 21.8. The van der Waals surface area contributed by atoms with E-state index in [1.807, 2.05) is 0 Å².